The summed E-state index contributed by atoms with van der Waals surface area (Å²) in [7, 11) is 0. The van der Waals surface area contributed by atoms with E-state index in [0.29, 0.717) is 19.3 Å². The van der Waals surface area contributed by atoms with Gasteiger partial charge in [-0.3, -0.25) is 4.79 Å². The van der Waals surface area contributed by atoms with Crippen molar-refractivity contribution < 1.29 is 25.2 Å². The molecule has 0 aliphatic rings. The number of rotatable bonds is 51. The van der Waals surface area contributed by atoms with Gasteiger partial charge in [0.1, 0.15) is 12.2 Å². The number of aliphatic hydroxyl groups excluding tert-OH is 4. The Morgan fingerprint density at radius 1 is 0.387 bits per heavy atom. The lowest BCUT2D eigenvalue weighted by molar-refractivity contribution is -0.132. The maximum Gasteiger partial charge on any atom is 0.249 e. The summed E-state index contributed by atoms with van der Waals surface area (Å²) in [5.74, 6) is -0.593. The van der Waals surface area contributed by atoms with Crippen LogP contribution in [0.2, 0.25) is 0 Å². The summed E-state index contributed by atoms with van der Waals surface area (Å²) in [6, 6.07) is -1.01. The first-order chi connectivity index (χ1) is 30.5. The third kappa shape index (κ3) is 44.0. The molecule has 0 saturated carbocycles. The Morgan fingerprint density at radius 3 is 1.02 bits per heavy atom. The summed E-state index contributed by atoms with van der Waals surface area (Å²) in [6.45, 7) is 4.05. The van der Waals surface area contributed by atoms with Gasteiger partial charge in [0, 0.05) is 0 Å². The molecule has 0 aromatic carbocycles. The number of carbonyl (C=O) groups is 1. The van der Waals surface area contributed by atoms with Gasteiger partial charge in [-0.1, -0.05) is 269 Å². The molecule has 0 aliphatic heterocycles. The fraction of sp³-hybridized carbons (Fsp3) is 0.911. The highest BCUT2D eigenvalue weighted by Gasteiger charge is 2.28. The first kappa shape index (κ1) is 60.8. The van der Waals surface area contributed by atoms with Crippen LogP contribution in [0.3, 0.4) is 0 Å². The van der Waals surface area contributed by atoms with Crippen LogP contribution < -0.4 is 5.32 Å². The molecule has 1 amide bonds. The zero-order valence-corrected chi connectivity index (χ0v) is 41.6. The average Bonchev–Trinajstić information content (AvgIpc) is 3.28. The largest absolute Gasteiger partial charge is 0.394 e. The van der Waals surface area contributed by atoms with Crippen LogP contribution in [-0.2, 0) is 4.79 Å². The molecule has 62 heavy (non-hydrogen) atoms. The number of amides is 1. The van der Waals surface area contributed by atoms with Crippen LogP contribution in [-0.4, -0.2) is 57.3 Å². The molecular weight excluding hydrogens is 767 g/mol. The summed E-state index contributed by atoms with van der Waals surface area (Å²) in [5, 5.41) is 43.8. The molecule has 6 nitrogen and oxygen atoms in total. The van der Waals surface area contributed by atoms with Gasteiger partial charge in [0.05, 0.1) is 18.8 Å². The minimum Gasteiger partial charge on any atom is -0.394 e. The van der Waals surface area contributed by atoms with Crippen molar-refractivity contribution in [2.45, 2.75) is 321 Å². The fourth-order valence-corrected chi connectivity index (χ4v) is 8.78. The zero-order chi connectivity index (χ0) is 45.2. The molecule has 0 saturated heterocycles. The summed E-state index contributed by atoms with van der Waals surface area (Å²) in [6.07, 6.45) is 61.2. The first-order valence-corrected chi connectivity index (χ1v) is 27.7. The Kier molecular flexibility index (Phi) is 49.8. The van der Waals surface area contributed by atoms with Gasteiger partial charge in [-0.05, 0) is 51.4 Å². The summed E-state index contributed by atoms with van der Waals surface area (Å²) in [4.78, 5) is 12.6. The van der Waals surface area contributed by atoms with Crippen molar-refractivity contribution in [3.05, 3.63) is 24.3 Å². The quantitative estimate of drug-likeness (QED) is 0.0309. The molecule has 5 N–H and O–H groups in total. The van der Waals surface area contributed by atoms with E-state index in [1.807, 2.05) is 0 Å². The number of unbranched alkanes of at least 4 members (excludes halogenated alkanes) is 38. The molecule has 4 atom stereocenters. The second-order valence-corrected chi connectivity index (χ2v) is 19.3. The lowest BCUT2D eigenvalue weighted by Crippen LogP contribution is -2.53. The predicted octanol–water partition coefficient (Wildman–Crippen LogP) is 15.9. The van der Waals surface area contributed by atoms with Gasteiger partial charge in [-0.2, -0.15) is 0 Å². The Hall–Kier alpha value is -1.21. The van der Waals surface area contributed by atoms with E-state index < -0.39 is 36.9 Å². The number of allylic oxidation sites excluding steroid dienone is 4. The topological polar surface area (TPSA) is 110 Å². The maximum absolute atomic E-state index is 12.6. The molecule has 0 rings (SSSR count). The molecule has 0 spiro atoms. The van der Waals surface area contributed by atoms with Crippen LogP contribution in [0.4, 0.5) is 0 Å². The van der Waals surface area contributed by atoms with E-state index in [4.69, 9.17) is 0 Å². The van der Waals surface area contributed by atoms with Crippen molar-refractivity contribution in [2.24, 2.45) is 0 Å². The fourth-order valence-electron chi connectivity index (χ4n) is 8.78. The van der Waals surface area contributed by atoms with Gasteiger partial charge < -0.3 is 25.7 Å². The number of carbonyl (C=O) groups excluding carboxylic acids is 1. The molecule has 0 aromatic heterocycles. The van der Waals surface area contributed by atoms with Gasteiger partial charge in [0.25, 0.3) is 0 Å². The summed E-state index contributed by atoms with van der Waals surface area (Å²) in [5.41, 5.74) is 0. The lowest BCUT2D eigenvalue weighted by Gasteiger charge is -2.27. The van der Waals surface area contributed by atoms with E-state index in [1.165, 1.54) is 225 Å². The highest BCUT2D eigenvalue weighted by Crippen LogP contribution is 2.18. The van der Waals surface area contributed by atoms with Crippen molar-refractivity contribution in [1.82, 2.24) is 5.32 Å². The maximum atomic E-state index is 12.6. The van der Waals surface area contributed by atoms with E-state index >= 15 is 0 Å². The Bertz CT molecular complexity index is 939. The molecule has 0 aliphatic carbocycles. The third-order valence-corrected chi connectivity index (χ3v) is 13.1. The average molecular weight is 876 g/mol. The van der Waals surface area contributed by atoms with E-state index in [9.17, 15) is 25.2 Å². The van der Waals surface area contributed by atoms with Crippen LogP contribution >= 0.6 is 0 Å². The number of aliphatic hydroxyl groups is 4. The number of hydrogen-bond donors (Lipinski definition) is 5. The minimum atomic E-state index is -1.29. The second-order valence-electron chi connectivity index (χ2n) is 19.3. The number of nitrogens with one attached hydrogen (secondary N) is 1. The van der Waals surface area contributed by atoms with Crippen molar-refractivity contribution in [2.75, 3.05) is 6.61 Å². The Labute approximate surface area is 386 Å². The summed E-state index contributed by atoms with van der Waals surface area (Å²) < 4.78 is 0. The van der Waals surface area contributed by atoms with Gasteiger partial charge in [-0.15, -0.1) is 0 Å². The predicted molar refractivity (Wildman–Crippen MR) is 270 cm³/mol. The molecule has 6 heteroatoms. The standard InChI is InChI=1S/C56H109NO5/c1-3-5-7-9-11-13-15-17-19-20-21-22-23-24-25-26-27-28-29-30-31-32-33-34-36-38-40-42-44-46-48-50-54(60)56(62)57-52(51-58)55(61)53(59)49-47-45-43-41-39-37-35-18-16-14-12-10-8-6-4-2/h18,35,41,43,52-55,58-61H,3-17,19-34,36-40,42,44-51H2,1-2H3,(H,57,62)/b35-18+,43-41+. The second kappa shape index (κ2) is 50.8. The SMILES string of the molecule is CCCCCCCC/C=C/CC/C=C/CCCC(O)C(O)C(CO)NC(=O)C(O)CCCCCCCCCCCCCCCCCCCCCCCCCCCCCCCCC. The molecule has 0 bridgehead atoms. The van der Waals surface area contributed by atoms with Crippen LogP contribution in [0.25, 0.3) is 0 Å². The highest BCUT2D eigenvalue weighted by molar-refractivity contribution is 5.80. The molecule has 0 heterocycles. The number of hydrogen-bond acceptors (Lipinski definition) is 5. The summed E-state index contributed by atoms with van der Waals surface area (Å²) >= 11 is 0. The van der Waals surface area contributed by atoms with Crippen LogP contribution in [0.1, 0.15) is 296 Å². The van der Waals surface area contributed by atoms with Crippen LogP contribution in [0, 0.1) is 0 Å². The van der Waals surface area contributed by atoms with E-state index in [-0.39, 0.29) is 0 Å². The van der Waals surface area contributed by atoms with Crippen molar-refractivity contribution in [3.63, 3.8) is 0 Å². The molecule has 368 valence electrons. The smallest absolute Gasteiger partial charge is 0.249 e. The molecular formula is C56H109NO5. The molecule has 0 radical (unpaired) electrons. The van der Waals surface area contributed by atoms with E-state index in [2.05, 4.69) is 43.5 Å². The minimum absolute atomic E-state index is 0.365. The van der Waals surface area contributed by atoms with Gasteiger partial charge in [-0.25, -0.2) is 0 Å². The molecule has 0 aromatic rings. The monoisotopic (exact) mass is 876 g/mol. The third-order valence-electron chi connectivity index (χ3n) is 13.1. The van der Waals surface area contributed by atoms with Crippen molar-refractivity contribution in [3.8, 4) is 0 Å². The van der Waals surface area contributed by atoms with E-state index in [1.54, 1.807) is 0 Å². The van der Waals surface area contributed by atoms with E-state index in [0.717, 1.165) is 38.5 Å². The first-order valence-electron chi connectivity index (χ1n) is 27.7. The zero-order valence-electron chi connectivity index (χ0n) is 41.6. The Morgan fingerprint density at radius 2 is 0.677 bits per heavy atom. The van der Waals surface area contributed by atoms with Crippen LogP contribution in [0.5, 0.6) is 0 Å². The lowest BCUT2D eigenvalue weighted by atomic mass is 10.00. The molecule has 4 unspecified atom stereocenters. The van der Waals surface area contributed by atoms with Gasteiger partial charge >= 0.3 is 0 Å². The van der Waals surface area contributed by atoms with Crippen LogP contribution in [0.15, 0.2) is 24.3 Å². The van der Waals surface area contributed by atoms with Crippen molar-refractivity contribution >= 4 is 5.91 Å². The molecule has 0 fully saturated rings. The van der Waals surface area contributed by atoms with Gasteiger partial charge in [0.2, 0.25) is 5.91 Å². The van der Waals surface area contributed by atoms with Gasteiger partial charge in [0.15, 0.2) is 0 Å². The Balaban J connectivity index is 3.58. The normalized spacial score (nSPS) is 14.0. The highest BCUT2D eigenvalue weighted by atomic mass is 16.3. The van der Waals surface area contributed by atoms with Crippen molar-refractivity contribution in [1.29, 1.82) is 0 Å².